The molecule has 0 bridgehead atoms. The molecule has 3 rings (SSSR count). The summed E-state index contributed by atoms with van der Waals surface area (Å²) in [6.07, 6.45) is -4.44. The molecule has 4 nitrogen and oxygen atoms in total. The Morgan fingerprint density at radius 3 is 2.56 bits per heavy atom. The second kappa shape index (κ2) is 6.92. The third-order valence-corrected chi connectivity index (χ3v) is 5.26. The number of amides is 2. The van der Waals surface area contributed by atoms with Gasteiger partial charge in [0.05, 0.1) is 22.7 Å². The van der Waals surface area contributed by atoms with Crippen LogP contribution in [0.5, 0.6) is 0 Å². The summed E-state index contributed by atoms with van der Waals surface area (Å²) >= 11 is 1.01. The quantitative estimate of drug-likeness (QED) is 0.777. The van der Waals surface area contributed by atoms with Crippen LogP contribution >= 0.6 is 11.8 Å². The van der Waals surface area contributed by atoms with Crippen molar-refractivity contribution in [1.82, 2.24) is 0 Å². The van der Waals surface area contributed by atoms with E-state index in [1.54, 1.807) is 38.1 Å². The fourth-order valence-electron chi connectivity index (χ4n) is 2.87. The summed E-state index contributed by atoms with van der Waals surface area (Å²) in [5.41, 5.74) is -0.779. The van der Waals surface area contributed by atoms with Crippen molar-refractivity contribution in [2.24, 2.45) is 0 Å². The van der Waals surface area contributed by atoms with Gasteiger partial charge in [0.25, 0.3) is 0 Å². The lowest BCUT2D eigenvalue weighted by Crippen LogP contribution is -2.58. The molecule has 0 aliphatic carbocycles. The normalized spacial score (nSPS) is 15.9. The largest absolute Gasteiger partial charge is 0.416 e. The van der Waals surface area contributed by atoms with Crippen molar-refractivity contribution in [1.29, 1.82) is 0 Å². The first-order valence-electron chi connectivity index (χ1n) is 8.14. The van der Waals surface area contributed by atoms with E-state index in [1.165, 1.54) is 17.0 Å². The highest BCUT2D eigenvalue weighted by atomic mass is 32.2. The summed E-state index contributed by atoms with van der Waals surface area (Å²) in [6.45, 7) is 3.26. The molecule has 0 saturated heterocycles. The maximum absolute atomic E-state index is 12.9. The molecule has 1 N–H and O–H groups in total. The van der Waals surface area contributed by atoms with E-state index in [-0.39, 0.29) is 17.6 Å². The van der Waals surface area contributed by atoms with Crippen molar-refractivity contribution in [2.75, 3.05) is 16.0 Å². The molecule has 2 aromatic rings. The summed E-state index contributed by atoms with van der Waals surface area (Å²) in [4.78, 5) is 27.0. The number of alkyl halides is 3. The number of anilines is 2. The third kappa shape index (κ3) is 3.80. The SMILES string of the molecule is CC1(C)C(=O)Nc2ccccc2N1C(=O)CSc1cccc(C(F)(F)F)c1. The second-order valence-corrected chi connectivity index (χ2v) is 7.62. The van der Waals surface area contributed by atoms with Crippen LogP contribution in [0.4, 0.5) is 24.5 Å². The van der Waals surface area contributed by atoms with Crippen LogP contribution in [0.2, 0.25) is 0 Å². The number of rotatable bonds is 3. The number of fused-ring (bicyclic) bond motifs is 1. The Morgan fingerprint density at radius 1 is 1.15 bits per heavy atom. The molecule has 0 radical (unpaired) electrons. The summed E-state index contributed by atoms with van der Waals surface area (Å²) in [7, 11) is 0. The van der Waals surface area contributed by atoms with Gasteiger partial charge in [-0.15, -0.1) is 11.8 Å². The molecule has 0 aromatic heterocycles. The lowest BCUT2D eigenvalue weighted by molar-refractivity contribution is -0.137. The van der Waals surface area contributed by atoms with Gasteiger partial charge in [0, 0.05) is 4.90 Å². The molecule has 0 spiro atoms. The molecule has 8 heteroatoms. The predicted molar refractivity (Wildman–Crippen MR) is 98.8 cm³/mol. The highest BCUT2D eigenvalue weighted by Gasteiger charge is 2.43. The van der Waals surface area contributed by atoms with Gasteiger partial charge in [-0.25, -0.2) is 0 Å². The lowest BCUT2D eigenvalue weighted by atomic mass is 9.96. The topological polar surface area (TPSA) is 49.4 Å². The lowest BCUT2D eigenvalue weighted by Gasteiger charge is -2.42. The highest BCUT2D eigenvalue weighted by molar-refractivity contribution is 8.00. The Kier molecular flexibility index (Phi) is 4.94. The average molecular weight is 394 g/mol. The first-order chi connectivity index (χ1) is 12.6. The van der Waals surface area contributed by atoms with Crippen molar-refractivity contribution >= 4 is 35.0 Å². The molecule has 142 valence electrons. The second-order valence-electron chi connectivity index (χ2n) is 6.57. The number of benzene rings is 2. The zero-order valence-electron chi connectivity index (χ0n) is 14.6. The molecule has 2 aromatic carbocycles. The van der Waals surface area contributed by atoms with E-state index < -0.39 is 17.3 Å². The molecule has 2 amide bonds. The van der Waals surface area contributed by atoms with Crippen LogP contribution in [-0.2, 0) is 15.8 Å². The predicted octanol–water partition coefficient (Wildman–Crippen LogP) is 4.56. The molecule has 0 saturated carbocycles. The Hall–Kier alpha value is -2.48. The van der Waals surface area contributed by atoms with E-state index in [2.05, 4.69) is 5.32 Å². The van der Waals surface area contributed by atoms with Gasteiger partial charge >= 0.3 is 6.18 Å². The van der Waals surface area contributed by atoms with E-state index >= 15 is 0 Å². The summed E-state index contributed by atoms with van der Waals surface area (Å²) in [6, 6.07) is 11.8. The standard InChI is InChI=1S/C19H17F3N2O2S/c1-18(2)17(26)23-14-8-3-4-9-15(14)24(18)16(25)11-27-13-7-5-6-12(10-13)19(20,21)22/h3-10H,11H2,1-2H3,(H,23,26). The molecule has 1 heterocycles. The van der Waals surface area contributed by atoms with E-state index in [9.17, 15) is 22.8 Å². The minimum Gasteiger partial charge on any atom is -0.322 e. The highest BCUT2D eigenvalue weighted by Crippen LogP contribution is 2.38. The van der Waals surface area contributed by atoms with Gasteiger partial charge in [-0.3, -0.25) is 14.5 Å². The molecule has 27 heavy (non-hydrogen) atoms. The number of hydrogen-bond donors (Lipinski definition) is 1. The summed E-state index contributed by atoms with van der Waals surface area (Å²) in [5, 5.41) is 2.77. The fraction of sp³-hybridized carbons (Fsp3) is 0.263. The van der Waals surface area contributed by atoms with Crippen molar-refractivity contribution < 1.29 is 22.8 Å². The number of hydrogen-bond acceptors (Lipinski definition) is 3. The van der Waals surface area contributed by atoms with E-state index in [4.69, 9.17) is 0 Å². The van der Waals surface area contributed by atoms with E-state index in [0.717, 1.165) is 23.9 Å². The van der Waals surface area contributed by atoms with Crippen LogP contribution < -0.4 is 10.2 Å². The first kappa shape index (κ1) is 19.3. The van der Waals surface area contributed by atoms with Gasteiger partial charge in [0.1, 0.15) is 5.54 Å². The van der Waals surface area contributed by atoms with Gasteiger partial charge in [0.15, 0.2) is 0 Å². The molecule has 1 aliphatic heterocycles. The Balaban J connectivity index is 1.83. The molecule has 0 atom stereocenters. The molecular formula is C19H17F3N2O2S. The van der Waals surface area contributed by atoms with Crippen LogP contribution in [0.3, 0.4) is 0 Å². The van der Waals surface area contributed by atoms with E-state index in [1.807, 2.05) is 0 Å². The van der Waals surface area contributed by atoms with Gasteiger partial charge in [0.2, 0.25) is 11.8 Å². The Labute approximate surface area is 158 Å². The zero-order valence-corrected chi connectivity index (χ0v) is 15.4. The number of thioether (sulfide) groups is 1. The van der Waals surface area contributed by atoms with Crippen molar-refractivity contribution in [3.8, 4) is 0 Å². The van der Waals surface area contributed by atoms with Gasteiger partial charge in [-0.2, -0.15) is 13.2 Å². The number of carbonyl (C=O) groups excluding carboxylic acids is 2. The number of carbonyl (C=O) groups is 2. The first-order valence-corrected chi connectivity index (χ1v) is 9.13. The zero-order chi connectivity index (χ0) is 19.8. The Bertz CT molecular complexity index is 897. The van der Waals surface area contributed by atoms with Crippen LogP contribution in [0, 0.1) is 0 Å². The molecule has 0 fully saturated rings. The monoisotopic (exact) mass is 394 g/mol. The van der Waals surface area contributed by atoms with E-state index in [0.29, 0.717) is 16.3 Å². The van der Waals surface area contributed by atoms with Crippen LogP contribution in [0.25, 0.3) is 0 Å². The summed E-state index contributed by atoms with van der Waals surface area (Å²) in [5.74, 6) is -0.768. The Morgan fingerprint density at radius 2 is 1.85 bits per heavy atom. The fourth-order valence-corrected chi connectivity index (χ4v) is 3.67. The molecular weight excluding hydrogens is 377 g/mol. The number of para-hydroxylation sites is 2. The maximum atomic E-state index is 12.9. The molecule has 0 unspecified atom stereocenters. The minimum absolute atomic E-state index is 0.0909. The van der Waals surface area contributed by atoms with Crippen LogP contribution in [0.15, 0.2) is 53.4 Å². The van der Waals surface area contributed by atoms with Gasteiger partial charge in [-0.1, -0.05) is 18.2 Å². The average Bonchev–Trinajstić information content (AvgIpc) is 2.60. The van der Waals surface area contributed by atoms with Crippen LogP contribution in [0.1, 0.15) is 19.4 Å². The minimum atomic E-state index is -4.44. The van der Waals surface area contributed by atoms with Gasteiger partial charge in [-0.05, 0) is 44.2 Å². The molecule has 1 aliphatic rings. The number of halogens is 3. The van der Waals surface area contributed by atoms with Crippen molar-refractivity contribution in [3.05, 3.63) is 54.1 Å². The third-order valence-electron chi connectivity index (χ3n) is 4.28. The number of nitrogens with zero attached hydrogens (tertiary/aromatic N) is 1. The smallest absolute Gasteiger partial charge is 0.322 e. The maximum Gasteiger partial charge on any atom is 0.416 e. The van der Waals surface area contributed by atoms with Crippen LogP contribution in [-0.4, -0.2) is 23.1 Å². The summed E-state index contributed by atoms with van der Waals surface area (Å²) < 4.78 is 38.5. The van der Waals surface area contributed by atoms with Gasteiger partial charge < -0.3 is 5.32 Å². The van der Waals surface area contributed by atoms with Crippen molar-refractivity contribution in [2.45, 2.75) is 30.5 Å². The van der Waals surface area contributed by atoms with Crippen molar-refractivity contribution in [3.63, 3.8) is 0 Å². The number of nitrogens with one attached hydrogen (secondary N) is 1.